The van der Waals surface area contributed by atoms with E-state index < -0.39 is 0 Å². The zero-order chi connectivity index (χ0) is 13.8. The Labute approximate surface area is 116 Å². The van der Waals surface area contributed by atoms with Crippen LogP contribution in [0.4, 0.5) is 5.69 Å². The van der Waals surface area contributed by atoms with Gasteiger partial charge in [-0.1, -0.05) is 6.07 Å². The Bertz CT molecular complexity index is 422. The van der Waals surface area contributed by atoms with E-state index in [1.165, 1.54) is 30.6 Å². The average Bonchev–Trinajstić information content (AvgIpc) is 2.45. The minimum Gasteiger partial charge on any atom is -0.497 e. The van der Waals surface area contributed by atoms with Crippen LogP contribution in [-0.2, 0) is 6.54 Å². The molecule has 1 saturated heterocycles. The molecule has 4 nitrogen and oxygen atoms in total. The number of anilines is 1. The molecule has 2 rings (SSSR count). The molecule has 1 aromatic carbocycles. The summed E-state index contributed by atoms with van der Waals surface area (Å²) in [7, 11) is 6.06. The molecule has 2 N–H and O–H groups in total. The minimum atomic E-state index is 0.552. The van der Waals surface area contributed by atoms with Crippen LogP contribution in [0.25, 0.3) is 0 Å². The summed E-state index contributed by atoms with van der Waals surface area (Å²) in [5.41, 5.74) is 8.23. The molecule has 0 amide bonds. The molecule has 1 heterocycles. The standard InChI is InChI=1S/C15H25N3O/c1-17-8-4-5-13(11-17)18(2)15-9-14(19-3)7-6-12(15)10-16/h6-7,9,13H,4-5,8,10-11,16H2,1-3H3. The lowest BCUT2D eigenvalue weighted by atomic mass is 10.0. The first kappa shape index (κ1) is 14.2. The lowest BCUT2D eigenvalue weighted by Gasteiger charge is -2.38. The van der Waals surface area contributed by atoms with Crippen LogP contribution in [0, 0.1) is 0 Å². The van der Waals surface area contributed by atoms with Crippen molar-refractivity contribution in [3.8, 4) is 5.75 Å². The van der Waals surface area contributed by atoms with Crippen LogP contribution in [0.5, 0.6) is 5.75 Å². The molecule has 1 aromatic rings. The van der Waals surface area contributed by atoms with Gasteiger partial charge in [0, 0.05) is 37.9 Å². The quantitative estimate of drug-likeness (QED) is 0.897. The van der Waals surface area contributed by atoms with Crippen molar-refractivity contribution in [2.75, 3.05) is 39.2 Å². The zero-order valence-electron chi connectivity index (χ0n) is 12.2. The molecule has 4 heteroatoms. The molecule has 106 valence electrons. The molecule has 0 spiro atoms. The highest BCUT2D eigenvalue weighted by atomic mass is 16.5. The van der Waals surface area contributed by atoms with Crippen molar-refractivity contribution in [1.29, 1.82) is 0 Å². The Kier molecular flexibility index (Phi) is 4.66. The number of nitrogens with two attached hydrogens (primary N) is 1. The topological polar surface area (TPSA) is 41.7 Å². The molecule has 1 fully saturated rings. The predicted molar refractivity (Wildman–Crippen MR) is 79.8 cm³/mol. The van der Waals surface area contributed by atoms with Gasteiger partial charge in [-0.25, -0.2) is 0 Å². The molecular formula is C15H25N3O. The Morgan fingerprint density at radius 3 is 2.89 bits per heavy atom. The lowest BCUT2D eigenvalue weighted by molar-refractivity contribution is 0.248. The Morgan fingerprint density at radius 1 is 1.47 bits per heavy atom. The number of likely N-dealkylation sites (tertiary alicyclic amines) is 1. The molecule has 1 atom stereocenters. The SMILES string of the molecule is COc1ccc(CN)c(N(C)C2CCCN(C)C2)c1. The molecule has 1 aliphatic rings. The molecular weight excluding hydrogens is 238 g/mol. The minimum absolute atomic E-state index is 0.552. The smallest absolute Gasteiger partial charge is 0.120 e. The molecule has 19 heavy (non-hydrogen) atoms. The maximum absolute atomic E-state index is 5.86. The first-order valence-electron chi connectivity index (χ1n) is 6.94. The third kappa shape index (κ3) is 3.19. The highest BCUT2D eigenvalue weighted by Crippen LogP contribution is 2.28. The van der Waals surface area contributed by atoms with E-state index >= 15 is 0 Å². The van der Waals surface area contributed by atoms with Crippen LogP contribution >= 0.6 is 0 Å². The molecule has 1 unspecified atom stereocenters. The Morgan fingerprint density at radius 2 is 2.26 bits per heavy atom. The van der Waals surface area contributed by atoms with Gasteiger partial charge in [0.1, 0.15) is 5.75 Å². The van der Waals surface area contributed by atoms with E-state index in [1.807, 2.05) is 6.07 Å². The summed E-state index contributed by atoms with van der Waals surface area (Å²) in [5, 5.41) is 0. The second-order valence-corrected chi connectivity index (χ2v) is 5.37. The summed E-state index contributed by atoms with van der Waals surface area (Å²) in [5.74, 6) is 0.892. The van der Waals surface area contributed by atoms with Crippen LogP contribution in [0.3, 0.4) is 0 Å². The van der Waals surface area contributed by atoms with E-state index in [4.69, 9.17) is 10.5 Å². The number of hydrogen-bond donors (Lipinski definition) is 1. The predicted octanol–water partition coefficient (Wildman–Crippen LogP) is 1.68. The molecule has 0 aromatic heterocycles. The second kappa shape index (κ2) is 6.26. The summed E-state index contributed by atoms with van der Waals surface area (Å²) in [6.07, 6.45) is 2.50. The van der Waals surface area contributed by atoms with Gasteiger partial charge in [0.25, 0.3) is 0 Å². The number of rotatable bonds is 4. The van der Waals surface area contributed by atoms with Crippen molar-refractivity contribution in [1.82, 2.24) is 4.90 Å². The fourth-order valence-electron chi connectivity index (χ4n) is 2.82. The summed E-state index contributed by atoms with van der Waals surface area (Å²) in [4.78, 5) is 4.76. The number of benzene rings is 1. The third-order valence-electron chi connectivity index (χ3n) is 4.04. The van der Waals surface area contributed by atoms with Gasteiger partial charge in [0.05, 0.1) is 7.11 Å². The highest BCUT2D eigenvalue weighted by Gasteiger charge is 2.22. The van der Waals surface area contributed by atoms with Crippen LogP contribution in [0.2, 0.25) is 0 Å². The van der Waals surface area contributed by atoms with Crippen molar-refractivity contribution in [2.24, 2.45) is 5.73 Å². The normalized spacial score (nSPS) is 20.3. The van der Waals surface area contributed by atoms with E-state index in [9.17, 15) is 0 Å². The second-order valence-electron chi connectivity index (χ2n) is 5.37. The zero-order valence-corrected chi connectivity index (χ0v) is 12.2. The largest absolute Gasteiger partial charge is 0.497 e. The van der Waals surface area contributed by atoms with Crippen molar-refractivity contribution in [2.45, 2.75) is 25.4 Å². The van der Waals surface area contributed by atoms with E-state index in [1.54, 1.807) is 7.11 Å². The van der Waals surface area contributed by atoms with Gasteiger partial charge in [-0.15, -0.1) is 0 Å². The summed E-state index contributed by atoms with van der Waals surface area (Å²) in [6, 6.07) is 6.69. The third-order valence-corrected chi connectivity index (χ3v) is 4.04. The van der Waals surface area contributed by atoms with Gasteiger partial charge in [-0.05, 0) is 38.1 Å². The first-order valence-corrected chi connectivity index (χ1v) is 6.94. The first-order chi connectivity index (χ1) is 9.15. The summed E-state index contributed by atoms with van der Waals surface area (Å²) < 4.78 is 5.34. The Hall–Kier alpha value is -1.26. The maximum Gasteiger partial charge on any atom is 0.120 e. The number of piperidine rings is 1. The number of likely N-dealkylation sites (N-methyl/N-ethyl adjacent to an activating group) is 2. The van der Waals surface area contributed by atoms with E-state index in [0.29, 0.717) is 12.6 Å². The van der Waals surface area contributed by atoms with Crippen LogP contribution in [-0.4, -0.2) is 45.2 Å². The Balaban J connectivity index is 2.23. The van der Waals surface area contributed by atoms with Crippen molar-refractivity contribution < 1.29 is 4.74 Å². The molecule has 0 saturated carbocycles. The van der Waals surface area contributed by atoms with Crippen molar-refractivity contribution in [3.05, 3.63) is 23.8 Å². The maximum atomic E-state index is 5.86. The van der Waals surface area contributed by atoms with Crippen molar-refractivity contribution >= 4 is 5.69 Å². The van der Waals surface area contributed by atoms with Crippen LogP contribution in [0.1, 0.15) is 18.4 Å². The summed E-state index contributed by atoms with van der Waals surface area (Å²) in [6.45, 7) is 2.87. The number of ether oxygens (including phenoxy) is 1. The monoisotopic (exact) mass is 263 g/mol. The molecule has 1 aliphatic heterocycles. The lowest BCUT2D eigenvalue weighted by Crippen LogP contribution is -2.45. The van der Waals surface area contributed by atoms with Gasteiger partial charge in [0.2, 0.25) is 0 Å². The van der Waals surface area contributed by atoms with Gasteiger partial charge < -0.3 is 20.3 Å². The highest BCUT2D eigenvalue weighted by molar-refractivity contribution is 5.57. The number of nitrogens with zero attached hydrogens (tertiary/aromatic N) is 2. The average molecular weight is 263 g/mol. The van der Waals surface area contributed by atoms with E-state index in [2.05, 4.69) is 36.0 Å². The van der Waals surface area contributed by atoms with Crippen LogP contribution in [0.15, 0.2) is 18.2 Å². The number of hydrogen-bond acceptors (Lipinski definition) is 4. The van der Waals surface area contributed by atoms with Gasteiger partial charge in [-0.3, -0.25) is 0 Å². The fraction of sp³-hybridized carbons (Fsp3) is 0.600. The molecule has 0 aliphatic carbocycles. The molecule has 0 bridgehead atoms. The molecule has 0 radical (unpaired) electrons. The van der Waals surface area contributed by atoms with Gasteiger partial charge in [-0.2, -0.15) is 0 Å². The van der Waals surface area contributed by atoms with Gasteiger partial charge >= 0.3 is 0 Å². The number of methoxy groups -OCH3 is 1. The van der Waals surface area contributed by atoms with Crippen molar-refractivity contribution in [3.63, 3.8) is 0 Å². The van der Waals surface area contributed by atoms with E-state index in [-0.39, 0.29) is 0 Å². The fourth-order valence-corrected chi connectivity index (χ4v) is 2.82. The van der Waals surface area contributed by atoms with E-state index in [0.717, 1.165) is 12.3 Å². The van der Waals surface area contributed by atoms with Gasteiger partial charge in [0.15, 0.2) is 0 Å². The summed E-state index contributed by atoms with van der Waals surface area (Å²) >= 11 is 0. The van der Waals surface area contributed by atoms with Crippen LogP contribution < -0.4 is 15.4 Å².